The Morgan fingerprint density at radius 2 is 1.29 bits per heavy atom. The third kappa shape index (κ3) is 3.25. The number of rotatable bonds is 4. The Hall–Kier alpha value is -3.21. The SMILES string of the molecule is O=C(NN(c1ccccc1)c1ccccc1)c1cccc(F)c1F. The molecule has 0 saturated carbocycles. The highest BCUT2D eigenvalue weighted by Crippen LogP contribution is 2.23. The number of hydrazine groups is 1. The van der Waals surface area contributed by atoms with Crippen LogP contribution in [-0.4, -0.2) is 5.91 Å². The van der Waals surface area contributed by atoms with Crippen LogP contribution < -0.4 is 10.4 Å². The summed E-state index contributed by atoms with van der Waals surface area (Å²) < 4.78 is 27.2. The molecule has 0 spiro atoms. The van der Waals surface area contributed by atoms with E-state index in [4.69, 9.17) is 0 Å². The number of anilines is 2. The third-order valence-corrected chi connectivity index (χ3v) is 3.44. The third-order valence-electron chi connectivity index (χ3n) is 3.44. The predicted molar refractivity (Wildman–Crippen MR) is 88.8 cm³/mol. The van der Waals surface area contributed by atoms with Crippen molar-refractivity contribution in [2.24, 2.45) is 0 Å². The smallest absolute Gasteiger partial charge is 0.267 e. The second kappa shape index (κ2) is 6.91. The van der Waals surface area contributed by atoms with E-state index in [9.17, 15) is 13.6 Å². The van der Waals surface area contributed by atoms with E-state index in [2.05, 4.69) is 5.43 Å². The van der Waals surface area contributed by atoms with E-state index in [1.54, 1.807) is 24.3 Å². The van der Waals surface area contributed by atoms with Crippen molar-refractivity contribution in [2.45, 2.75) is 0 Å². The number of hydrogen-bond acceptors (Lipinski definition) is 2. The first kappa shape index (κ1) is 15.7. The molecule has 0 aromatic heterocycles. The molecule has 0 unspecified atom stereocenters. The second-order valence-electron chi connectivity index (χ2n) is 5.05. The Balaban J connectivity index is 1.95. The number of hydrogen-bond donors (Lipinski definition) is 1. The summed E-state index contributed by atoms with van der Waals surface area (Å²) in [6, 6.07) is 21.7. The highest BCUT2D eigenvalue weighted by Gasteiger charge is 2.18. The average Bonchev–Trinajstić information content (AvgIpc) is 2.63. The highest BCUT2D eigenvalue weighted by atomic mass is 19.2. The van der Waals surface area contributed by atoms with Gasteiger partial charge in [0.25, 0.3) is 5.91 Å². The highest BCUT2D eigenvalue weighted by molar-refractivity contribution is 5.96. The molecule has 0 atom stereocenters. The van der Waals surface area contributed by atoms with Crippen molar-refractivity contribution >= 4 is 17.3 Å². The van der Waals surface area contributed by atoms with E-state index < -0.39 is 17.5 Å². The van der Waals surface area contributed by atoms with Gasteiger partial charge in [0, 0.05) is 0 Å². The average molecular weight is 324 g/mol. The fraction of sp³-hybridized carbons (Fsp3) is 0. The molecule has 0 aliphatic rings. The molecule has 0 heterocycles. The van der Waals surface area contributed by atoms with Crippen molar-refractivity contribution in [3.05, 3.63) is 96.1 Å². The van der Waals surface area contributed by atoms with Gasteiger partial charge in [-0.3, -0.25) is 15.2 Å². The number of amides is 1. The number of carbonyl (C=O) groups is 1. The second-order valence-corrected chi connectivity index (χ2v) is 5.05. The minimum absolute atomic E-state index is 0.355. The molecule has 0 radical (unpaired) electrons. The van der Waals surface area contributed by atoms with E-state index in [1.807, 2.05) is 36.4 Å². The normalized spacial score (nSPS) is 10.2. The van der Waals surface area contributed by atoms with Gasteiger partial charge in [-0.25, -0.2) is 8.78 Å². The van der Waals surface area contributed by atoms with Crippen molar-refractivity contribution in [1.29, 1.82) is 0 Å². The van der Waals surface area contributed by atoms with E-state index in [0.717, 1.165) is 6.07 Å². The summed E-state index contributed by atoms with van der Waals surface area (Å²) in [6.45, 7) is 0. The molecule has 1 N–H and O–H groups in total. The lowest BCUT2D eigenvalue weighted by atomic mass is 10.2. The van der Waals surface area contributed by atoms with Gasteiger partial charge in [-0.1, -0.05) is 42.5 Å². The molecule has 24 heavy (non-hydrogen) atoms. The van der Waals surface area contributed by atoms with Crippen LogP contribution in [0.4, 0.5) is 20.2 Å². The van der Waals surface area contributed by atoms with Crippen LogP contribution >= 0.6 is 0 Å². The van der Waals surface area contributed by atoms with E-state index in [0.29, 0.717) is 11.4 Å². The van der Waals surface area contributed by atoms with Crippen LogP contribution in [0.25, 0.3) is 0 Å². The van der Waals surface area contributed by atoms with Gasteiger partial charge >= 0.3 is 0 Å². The Morgan fingerprint density at radius 1 is 0.750 bits per heavy atom. The lowest BCUT2D eigenvalue weighted by Gasteiger charge is -2.25. The predicted octanol–water partition coefficient (Wildman–Crippen LogP) is 4.45. The van der Waals surface area contributed by atoms with E-state index in [-0.39, 0.29) is 5.56 Å². The van der Waals surface area contributed by atoms with Gasteiger partial charge in [0.05, 0.1) is 16.9 Å². The Kier molecular flexibility index (Phi) is 4.52. The summed E-state index contributed by atoms with van der Waals surface area (Å²) in [4.78, 5) is 12.4. The van der Waals surface area contributed by atoms with Crippen LogP contribution in [0.1, 0.15) is 10.4 Å². The molecule has 3 nitrogen and oxygen atoms in total. The van der Waals surface area contributed by atoms with Crippen molar-refractivity contribution in [1.82, 2.24) is 5.43 Å². The van der Waals surface area contributed by atoms with Crippen molar-refractivity contribution in [3.63, 3.8) is 0 Å². The van der Waals surface area contributed by atoms with E-state index in [1.165, 1.54) is 17.1 Å². The van der Waals surface area contributed by atoms with Gasteiger partial charge in [0.15, 0.2) is 11.6 Å². The fourth-order valence-corrected chi connectivity index (χ4v) is 2.27. The Bertz CT molecular complexity index is 799. The van der Waals surface area contributed by atoms with Crippen molar-refractivity contribution < 1.29 is 13.6 Å². The minimum atomic E-state index is -1.17. The Labute approximate surface area is 138 Å². The number of nitrogens with one attached hydrogen (secondary N) is 1. The summed E-state index contributed by atoms with van der Waals surface area (Å²) in [6.07, 6.45) is 0. The van der Waals surface area contributed by atoms with Gasteiger partial charge in [-0.2, -0.15) is 0 Å². The molecule has 0 bridgehead atoms. The van der Waals surface area contributed by atoms with Crippen LogP contribution in [0.15, 0.2) is 78.9 Å². The molecule has 0 aliphatic heterocycles. The lowest BCUT2D eigenvalue weighted by Crippen LogP contribution is -2.39. The summed E-state index contributed by atoms with van der Waals surface area (Å²) in [7, 11) is 0. The van der Waals surface area contributed by atoms with Crippen LogP contribution in [0.3, 0.4) is 0 Å². The molecule has 5 heteroatoms. The summed E-state index contributed by atoms with van der Waals surface area (Å²) in [5.74, 6) is -2.97. The Morgan fingerprint density at radius 3 is 1.83 bits per heavy atom. The molecule has 0 aliphatic carbocycles. The molecule has 3 aromatic rings. The molecular formula is C19H14F2N2O. The van der Waals surface area contributed by atoms with Gasteiger partial charge < -0.3 is 0 Å². The van der Waals surface area contributed by atoms with Gasteiger partial charge in [0.1, 0.15) is 0 Å². The summed E-state index contributed by atoms with van der Waals surface area (Å²) in [5.41, 5.74) is 3.64. The molecule has 120 valence electrons. The molecule has 0 saturated heterocycles. The first-order valence-electron chi connectivity index (χ1n) is 7.32. The monoisotopic (exact) mass is 324 g/mol. The van der Waals surface area contributed by atoms with Crippen LogP contribution in [-0.2, 0) is 0 Å². The van der Waals surface area contributed by atoms with Crippen molar-refractivity contribution in [3.8, 4) is 0 Å². The number of para-hydroxylation sites is 2. The quantitative estimate of drug-likeness (QED) is 0.719. The largest absolute Gasteiger partial charge is 0.273 e. The van der Waals surface area contributed by atoms with Gasteiger partial charge in [-0.05, 0) is 36.4 Å². The number of benzene rings is 3. The summed E-state index contributed by atoms with van der Waals surface area (Å²) >= 11 is 0. The minimum Gasteiger partial charge on any atom is -0.267 e. The van der Waals surface area contributed by atoms with Crippen molar-refractivity contribution in [2.75, 3.05) is 5.01 Å². The van der Waals surface area contributed by atoms with Gasteiger partial charge in [-0.15, -0.1) is 0 Å². The zero-order valence-corrected chi connectivity index (χ0v) is 12.6. The fourth-order valence-electron chi connectivity index (χ4n) is 2.27. The van der Waals surface area contributed by atoms with Crippen LogP contribution in [0.2, 0.25) is 0 Å². The molecule has 3 aromatic carbocycles. The summed E-state index contributed by atoms with van der Waals surface area (Å²) in [5, 5.41) is 1.52. The molecule has 3 rings (SSSR count). The molecule has 1 amide bonds. The number of nitrogens with zero attached hydrogens (tertiary/aromatic N) is 1. The lowest BCUT2D eigenvalue weighted by molar-refractivity contribution is 0.0948. The maximum atomic E-state index is 13.9. The standard InChI is InChI=1S/C19H14F2N2O/c20-17-13-7-12-16(18(17)21)19(24)22-23(14-8-3-1-4-9-14)15-10-5-2-6-11-15/h1-13H,(H,22,24). The van der Waals surface area contributed by atoms with Crippen LogP contribution in [0.5, 0.6) is 0 Å². The molecular weight excluding hydrogens is 310 g/mol. The first-order chi connectivity index (χ1) is 11.7. The maximum absolute atomic E-state index is 13.9. The number of halogens is 2. The van der Waals surface area contributed by atoms with E-state index >= 15 is 0 Å². The maximum Gasteiger partial charge on any atom is 0.273 e. The van der Waals surface area contributed by atoms with Crippen LogP contribution in [0, 0.1) is 11.6 Å². The molecule has 0 fully saturated rings. The van der Waals surface area contributed by atoms with Gasteiger partial charge in [0.2, 0.25) is 0 Å². The first-order valence-corrected chi connectivity index (χ1v) is 7.32. The zero-order chi connectivity index (χ0) is 16.9. The zero-order valence-electron chi connectivity index (χ0n) is 12.6. The topological polar surface area (TPSA) is 32.3 Å². The number of carbonyl (C=O) groups excluding carboxylic acids is 1.